The molecule has 1 saturated carbocycles. The molecule has 2 fully saturated rings. The average Bonchev–Trinajstić information content (AvgIpc) is 2.88. The third-order valence-corrected chi connectivity index (χ3v) is 5.09. The van der Waals surface area contributed by atoms with Crippen LogP contribution in [-0.2, 0) is 15.1 Å². The highest BCUT2D eigenvalue weighted by Gasteiger charge is 2.43. The van der Waals surface area contributed by atoms with E-state index in [1.165, 1.54) is 0 Å². The van der Waals surface area contributed by atoms with Crippen LogP contribution < -0.4 is 16.0 Å². The molecule has 1 aliphatic heterocycles. The molecule has 2 aliphatic rings. The Hall–Kier alpha value is -2.41. The van der Waals surface area contributed by atoms with Crippen LogP contribution in [0.25, 0.3) is 0 Å². The van der Waals surface area contributed by atoms with Gasteiger partial charge in [-0.2, -0.15) is 0 Å². The molecule has 1 unspecified atom stereocenters. The number of hydrogen-bond acceptors (Lipinski definition) is 4. The summed E-state index contributed by atoms with van der Waals surface area (Å²) in [5, 5.41) is 7.87. The van der Waals surface area contributed by atoms with Crippen molar-refractivity contribution in [2.24, 2.45) is 0 Å². The summed E-state index contributed by atoms with van der Waals surface area (Å²) in [6.45, 7) is 1.63. The Bertz CT molecular complexity index is 688. The minimum absolute atomic E-state index is 0.0170. The van der Waals surface area contributed by atoms with Crippen molar-refractivity contribution in [3.05, 3.63) is 35.4 Å². The summed E-state index contributed by atoms with van der Waals surface area (Å²) in [5.74, 6) is -0.564. The zero-order valence-corrected chi connectivity index (χ0v) is 14.4. The van der Waals surface area contributed by atoms with Crippen LogP contribution in [0.15, 0.2) is 24.3 Å². The minimum atomic E-state index is -1.11. The molecule has 3 atom stereocenters. The Morgan fingerprint density at radius 2 is 1.88 bits per heavy atom. The smallest absolute Gasteiger partial charge is 0.322 e. The van der Waals surface area contributed by atoms with Gasteiger partial charge >= 0.3 is 6.03 Å². The Kier molecular flexibility index (Phi) is 4.76. The van der Waals surface area contributed by atoms with E-state index in [1.807, 2.05) is 0 Å². The number of amides is 4. The number of ether oxygens (including phenoxy) is 1. The molecule has 0 aromatic heterocycles. The summed E-state index contributed by atoms with van der Waals surface area (Å²) in [4.78, 5) is 35.8. The third kappa shape index (κ3) is 3.37. The lowest BCUT2D eigenvalue weighted by molar-refractivity contribution is -0.123. The molecule has 0 radical (unpaired) electrons. The van der Waals surface area contributed by atoms with E-state index < -0.39 is 17.5 Å². The molecule has 3 rings (SSSR count). The Balaban J connectivity index is 1.71. The van der Waals surface area contributed by atoms with Gasteiger partial charge < -0.3 is 15.4 Å². The molecule has 4 amide bonds. The van der Waals surface area contributed by atoms with Crippen molar-refractivity contribution in [2.75, 3.05) is 7.11 Å². The fourth-order valence-corrected chi connectivity index (χ4v) is 3.50. The van der Waals surface area contributed by atoms with Gasteiger partial charge in [-0.25, -0.2) is 4.79 Å². The monoisotopic (exact) mass is 345 g/mol. The molecule has 3 N–H and O–H groups in total. The SMILES string of the molecule is CO[C@@H]1CCCC[C@H]1NC(=O)c1ccc(C2(C)NC(=O)NC2=O)cc1. The third-order valence-electron chi connectivity index (χ3n) is 5.09. The molecule has 25 heavy (non-hydrogen) atoms. The molecule has 1 aromatic carbocycles. The minimum Gasteiger partial charge on any atom is -0.379 e. The Morgan fingerprint density at radius 1 is 1.20 bits per heavy atom. The highest BCUT2D eigenvalue weighted by atomic mass is 16.5. The van der Waals surface area contributed by atoms with E-state index in [2.05, 4.69) is 16.0 Å². The number of methoxy groups -OCH3 is 1. The standard InChI is InChI=1S/C18H23N3O4/c1-18(16(23)20-17(24)21-18)12-9-7-11(8-10-12)15(22)19-13-5-3-4-6-14(13)25-2/h7-10,13-14H,3-6H2,1-2H3,(H,19,22)(H2,20,21,23,24)/t13-,14-,18?/m1/s1. The average molecular weight is 345 g/mol. The van der Waals surface area contributed by atoms with Gasteiger partial charge in [-0.05, 0) is 37.5 Å². The first-order chi connectivity index (χ1) is 11.9. The maximum Gasteiger partial charge on any atom is 0.322 e. The molecule has 1 aromatic rings. The van der Waals surface area contributed by atoms with Gasteiger partial charge in [0.1, 0.15) is 5.54 Å². The predicted octanol–water partition coefficient (Wildman–Crippen LogP) is 1.43. The molecule has 1 aliphatic carbocycles. The number of carbonyl (C=O) groups excluding carboxylic acids is 3. The summed E-state index contributed by atoms with van der Waals surface area (Å²) in [6.07, 6.45) is 4.11. The summed E-state index contributed by atoms with van der Waals surface area (Å²) >= 11 is 0. The molecular weight excluding hydrogens is 322 g/mol. The first kappa shape index (κ1) is 17.4. The second-order valence-corrected chi connectivity index (χ2v) is 6.75. The summed E-state index contributed by atoms with van der Waals surface area (Å²) in [7, 11) is 1.67. The van der Waals surface area contributed by atoms with Gasteiger partial charge in [-0.3, -0.25) is 14.9 Å². The molecule has 7 heteroatoms. The van der Waals surface area contributed by atoms with Gasteiger partial charge in [-0.15, -0.1) is 0 Å². The van der Waals surface area contributed by atoms with E-state index in [-0.39, 0.29) is 18.1 Å². The maximum absolute atomic E-state index is 12.5. The second kappa shape index (κ2) is 6.84. The van der Waals surface area contributed by atoms with E-state index in [4.69, 9.17) is 4.74 Å². The molecular formula is C18H23N3O4. The lowest BCUT2D eigenvalue weighted by atomic mass is 9.91. The number of rotatable bonds is 4. The number of imide groups is 1. The number of benzene rings is 1. The Labute approximate surface area is 146 Å². The van der Waals surface area contributed by atoms with Crippen LogP contribution in [0.3, 0.4) is 0 Å². The van der Waals surface area contributed by atoms with Crippen LogP contribution >= 0.6 is 0 Å². The summed E-state index contributed by atoms with van der Waals surface area (Å²) < 4.78 is 5.46. The van der Waals surface area contributed by atoms with Crippen molar-refractivity contribution in [1.82, 2.24) is 16.0 Å². The number of nitrogens with one attached hydrogen (secondary N) is 3. The fraction of sp³-hybridized carbons (Fsp3) is 0.500. The number of hydrogen-bond donors (Lipinski definition) is 3. The van der Waals surface area contributed by atoms with Gasteiger partial charge in [0.2, 0.25) is 0 Å². The summed E-state index contributed by atoms with van der Waals surface area (Å²) in [5.41, 5.74) is 0.0219. The first-order valence-corrected chi connectivity index (χ1v) is 8.52. The van der Waals surface area contributed by atoms with Gasteiger partial charge in [0.05, 0.1) is 12.1 Å². The van der Waals surface area contributed by atoms with Crippen molar-refractivity contribution in [3.63, 3.8) is 0 Å². The lowest BCUT2D eigenvalue weighted by Gasteiger charge is -2.31. The van der Waals surface area contributed by atoms with E-state index in [9.17, 15) is 14.4 Å². The molecule has 0 spiro atoms. The fourth-order valence-electron chi connectivity index (χ4n) is 3.50. The van der Waals surface area contributed by atoms with Crippen LogP contribution in [0.5, 0.6) is 0 Å². The summed E-state index contributed by atoms with van der Waals surface area (Å²) in [6, 6.07) is 6.21. The first-order valence-electron chi connectivity index (χ1n) is 8.52. The maximum atomic E-state index is 12.5. The quantitative estimate of drug-likeness (QED) is 0.719. The van der Waals surface area contributed by atoms with E-state index in [1.54, 1.807) is 38.3 Å². The van der Waals surface area contributed by atoms with Crippen LogP contribution in [0.2, 0.25) is 0 Å². The molecule has 1 heterocycles. The lowest BCUT2D eigenvalue weighted by Crippen LogP contribution is -2.46. The molecule has 134 valence electrons. The largest absolute Gasteiger partial charge is 0.379 e. The van der Waals surface area contributed by atoms with E-state index in [0.29, 0.717) is 11.1 Å². The van der Waals surface area contributed by atoms with Gasteiger partial charge in [-0.1, -0.05) is 25.0 Å². The molecule has 1 saturated heterocycles. The normalized spacial score (nSPS) is 29.0. The van der Waals surface area contributed by atoms with E-state index >= 15 is 0 Å². The van der Waals surface area contributed by atoms with Crippen LogP contribution in [0, 0.1) is 0 Å². The van der Waals surface area contributed by atoms with Gasteiger partial charge in [0, 0.05) is 12.7 Å². The van der Waals surface area contributed by atoms with Crippen LogP contribution in [0.1, 0.15) is 48.5 Å². The second-order valence-electron chi connectivity index (χ2n) is 6.75. The zero-order chi connectivity index (χ0) is 18.0. The van der Waals surface area contributed by atoms with Gasteiger partial charge in [0.15, 0.2) is 0 Å². The van der Waals surface area contributed by atoms with Crippen LogP contribution in [0.4, 0.5) is 4.79 Å². The topological polar surface area (TPSA) is 96.5 Å². The van der Waals surface area contributed by atoms with Crippen molar-refractivity contribution >= 4 is 17.8 Å². The van der Waals surface area contributed by atoms with Crippen molar-refractivity contribution in [2.45, 2.75) is 50.3 Å². The number of urea groups is 1. The van der Waals surface area contributed by atoms with Crippen LogP contribution in [-0.4, -0.2) is 37.1 Å². The zero-order valence-electron chi connectivity index (χ0n) is 14.4. The Morgan fingerprint density at radius 3 is 2.48 bits per heavy atom. The van der Waals surface area contributed by atoms with E-state index in [0.717, 1.165) is 25.7 Å². The number of carbonyl (C=O) groups is 3. The highest BCUT2D eigenvalue weighted by Crippen LogP contribution is 2.25. The van der Waals surface area contributed by atoms with Gasteiger partial charge in [0.25, 0.3) is 11.8 Å². The molecule has 0 bridgehead atoms. The van der Waals surface area contributed by atoms with Crippen molar-refractivity contribution < 1.29 is 19.1 Å². The van der Waals surface area contributed by atoms with Crippen molar-refractivity contribution in [1.29, 1.82) is 0 Å². The molecule has 7 nitrogen and oxygen atoms in total. The highest BCUT2D eigenvalue weighted by molar-refractivity contribution is 6.07. The van der Waals surface area contributed by atoms with Crippen molar-refractivity contribution in [3.8, 4) is 0 Å². The predicted molar refractivity (Wildman–Crippen MR) is 91.0 cm³/mol.